The third kappa shape index (κ3) is 3.44. The number of fused-ring (bicyclic) bond motifs is 1. The molecule has 2 aromatic heterocycles. The van der Waals surface area contributed by atoms with Gasteiger partial charge in [0.15, 0.2) is 0 Å². The zero-order valence-corrected chi connectivity index (χ0v) is 16.3. The van der Waals surface area contributed by atoms with E-state index in [1.165, 1.54) is 6.33 Å². The molecule has 0 saturated carbocycles. The Hall–Kier alpha value is -2.96. The Morgan fingerprint density at radius 1 is 1.25 bits per heavy atom. The predicted octanol–water partition coefficient (Wildman–Crippen LogP) is 3.60. The highest BCUT2D eigenvalue weighted by atomic mass is 16.5. The fourth-order valence-corrected chi connectivity index (χ4v) is 3.88. The van der Waals surface area contributed by atoms with Crippen molar-refractivity contribution < 1.29 is 9.32 Å². The van der Waals surface area contributed by atoms with E-state index in [9.17, 15) is 4.79 Å². The lowest BCUT2D eigenvalue weighted by Crippen LogP contribution is -2.41. The van der Waals surface area contributed by atoms with Crippen molar-refractivity contribution in [3.63, 3.8) is 0 Å². The van der Waals surface area contributed by atoms with E-state index in [4.69, 9.17) is 4.52 Å². The monoisotopic (exact) mass is 379 g/mol. The lowest BCUT2D eigenvalue weighted by Gasteiger charge is -2.33. The lowest BCUT2D eigenvalue weighted by atomic mass is 9.96. The first-order chi connectivity index (χ1) is 13.7. The summed E-state index contributed by atoms with van der Waals surface area (Å²) in [5.41, 5.74) is 3.42. The first-order valence-electron chi connectivity index (χ1n) is 9.94. The van der Waals surface area contributed by atoms with Crippen molar-refractivity contribution in [3.05, 3.63) is 41.9 Å². The van der Waals surface area contributed by atoms with E-state index in [-0.39, 0.29) is 11.8 Å². The van der Waals surface area contributed by atoms with E-state index in [2.05, 4.69) is 38.3 Å². The van der Waals surface area contributed by atoms with E-state index in [1.807, 2.05) is 25.1 Å². The van der Waals surface area contributed by atoms with Gasteiger partial charge >= 0.3 is 0 Å². The highest BCUT2D eigenvalue weighted by molar-refractivity contribution is 5.94. The number of nitrogens with one attached hydrogen (secondary N) is 1. The van der Waals surface area contributed by atoms with Crippen LogP contribution in [0.1, 0.15) is 37.9 Å². The van der Waals surface area contributed by atoms with Gasteiger partial charge in [0.25, 0.3) is 5.71 Å². The molecule has 3 aromatic rings. The van der Waals surface area contributed by atoms with Crippen molar-refractivity contribution in [3.8, 4) is 0 Å². The molecule has 4 rings (SSSR count). The minimum absolute atomic E-state index is 0.0666. The maximum absolute atomic E-state index is 12.9. The molecule has 1 aromatic carbocycles. The Bertz CT molecular complexity index is 984. The van der Waals surface area contributed by atoms with Gasteiger partial charge < -0.3 is 14.7 Å². The van der Waals surface area contributed by atoms with Crippen molar-refractivity contribution in [1.82, 2.24) is 15.1 Å². The zero-order valence-electron chi connectivity index (χ0n) is 16.3. The Balaban J connectivity index is 1.55. The molecule has 7 heteroatoms. The van der Waals surface area contributed by atoms with Crippen molar-refractivity contribution in [1.29, 1.82) is 0 Å². The fraction of sp³-hybridized carbons (Fsp3) is 0.429. The molecule has 28 heavy (non-hydrogen) atoms. The summed E-state index contributed by atoms with van der Waals surface area (Å²) in [6.07, 6.45) is 4.95. The summed E-state index contributed by atoms with van der Waals surface area (Å²) in [5.74, 6) is 0.792. The summed E-state index contributed by atoms with van der Waals surface area (Å²) in [6, 6.07) is 7.98. The molecule has 0 aliphatic carbocycles. The highest BCUT2D eigenvalue weighted by Crippen LogP contribution is 2.30. The van der Waals surface area contributed by atoms with Gasteiger partial charge in [-0.15, -0.1) is 0 Å². The maximum atomic E-state index is 12.9. The number of hydrogen-bond donors (Lipinski definition) is 1. The molecule has 0 spiro atoms. The molecule has 1 N–H and O–H groups in total. The van der Waals surface area contributed by atoms with E-state index in [1.54, 1.807) is 0 Å². The molecule has 0 radical (unpaired) electrons. The second-order valence-corrected chi connectivity index (χ2v) is 7.15. The third-order valence-corrected chi connectivity index (χ3v) is 5.41. The molecular weight excluding hydrogens is 354 g/mol. The maximum Gasteiger partial charge on any atom is 0.263 e. The first kappa shape index (κ1) is 18.4. The highest BCUT2D eigenvalue weighted by Gasteiger charge is 2.29. The van der Waals surface area contributed by atoms with Gasteiger partial charge in [0, 0.05) is 18.8 Å². The number of aromatic nitrogens is 3. The number of piperidine rings is 1. The van der Waals surface area contributed by atoms with Crippen molar-refractivity contribution >= 4 is 28.5 Å². The molecule has 0 bridgehead atoms. The number of amides is 1. The van der Waals surface area contributed by atoms with Crippen LogP contribution in [0.3, 0.4) is 0 Å². The Kier molecular flexibility index (Phi) is 5.23. The van der Waals surface area contributed by atoms with Crippen LogP contribution in [0.15, 0.2) is 35.1 Å². The van der Waals surface area contributed by atoms with Crippen LogP contribution in [0.2, 0.25) is 0 Å². The quantitative estimate of drug-likeness (QED) is 0.729. The number of nitrogens with zero attached hydrogens (tertiary/aromatic N) is 4. The second kappa shape index (κ2) is 7.96. The fourth-order valence-electron chi connectivity index (χ4n) is 3.88. The molecule has 1 aliphatic heterocycles. The number of para-hydroxylation sites is 1. The van der Waals surface area contributed by atoms with Crippen LogP contribution in [0, 0.1) is 5.92 Å². The van der Waals surface area contributed by atoms with Gasteiger partial charge in [0.2, 0.25) is 5.91 Å². The Morgan fingerprint density at radius 3 is 2.93 bits per heavy atom. The molecule has 3 heterocycles. The van der Waals surface area contributed by atoms with E-state index < -0.39 is 0 Å². The van der Waals surface area contributed by atoms with Gasteiger partial charge in [-0.1, -0.05) is 37.2 Å². The van der Waals surface area contributed by atoms with Crippen molar-refractivity contribution in [2.45, 2.75) is 39.5 Å². The van der Waals surface area contributed by atoms with Gasteiger partial charge in [-0.3, -0.25) is 4.79 Å². The molecule has 1 atom stereocenters. The SMILES string of the molecule is CCc1ccccc1NC(=O)C1CCCN(c2ncnc3onc(CC)c23)C1. The van der Waals surface area contributed by atoms with Crippen molar-refractivity contribution in [2.24, 2.45) is 5.92 Å². The normalized spacial score (nSPS) is 17.1. The van der Waals surface area contributed by atoms with Gasteiger partial charge in [0.05, 0.1) is 11.6 Å². The second-order valence-electron chi connectivity index (χ2n) is 7.15. The minimum Gasteiger partial charge on any atom is -0.355 e. The molecule has 1 aliphatic rings. The van der Waals surface area contributed by atoms with E-state index >= 15 is 0 Å². The van der Waals surface area contributed by atoms with Crippen LogP contribution in [-0.2, 0) is 17.6 Å². The predicted molar refractivity (Wildman–Crippen MR) is 108 cm³/mol. The first-order valence-corrected chi connectivity index (χ1v) is 9.94. The third-order valence-electron chi connectivity index (χ3n) is 5.41. The van der Waals surface area contributed by atoms with Crippen LogP contribution >= 0.6 is 0 Å². The number of carbonyl (C=O) groups excluding carboxylic acids is 1. The molecule has 1 amide bonds. The number of carbonyl (C=O) groups is 1. The standard InChI is InChI=1S/C21H25N5O2/c1-3-14-8-5-6-10-17(14)24-20(27)15-9-7-11-26(12-15)19-18-16(4-2)25-28-21(18)23-13-22-19/h5-6,8,10,13,15H,3-4,7,9,11-12H2,1-2H3,(H,24,27). The van der Waals surface area contributed by atoms with Gasteiger partial charge in [-0.2, -0.15) is 4.98 Å². The minimum atomic E-state index is -0.0892. The van der Waals surface area contributed by atoms with Crippen LogP contribution in [-0.4, -0.2) is 34.1 Å². The molecule has 146 valence electrons. The molecule has 1 saturated heterocycles. The lowest BCUT2D eigenvalue weighted by molar-refractivity contribution is -0.120. The Labute approximate surface area is 164 Å². The number of hydrogen-bond acceptors (Lipinski definition) is 6. The summed E-state index contributed by atoms with van der Waals surface area (Å²) in [7, 11) is 0. The topological polar surface area (TPSA) is 84.2 Å². The Morgan fingerprint density at radius 2 is 2.11 bits per heavy atom. The van der Waals surface area contributed by atoms with E-state index in [0.29, 0.717) is 12.3 Å². The average molecular weight is 379 g/mol. The summed E-state index contributed by atoms with van der Waals surface area (Å²) in [6.45, 7) is 5.61. The largest absolute Gasteiger partial charge is 0.355 e. The van der Waals surface area contributed by atoms with Crippen LogP contribution in [0.25, 0.3) is 11.1 Å². The van der Waals surface area contributed by atoms with Crippen LogP contribution in [0.5, 0.6) is 0 Å². The molecular formula is C21H25N5O2. The van der Waals surface area contributed by atoms with Crippen molar-refractivity contribution in [2.75, 3.05) is 23.3 Å². The number of benzene rings is 1. The van der Waals surface area contributed by atoms with Gasteiger partial charge in [-0.05, 0) is 37.3 Å². The molecule has 1 fully saturated rings. The summed E-state index contributed by atoms with van der Waals surface area (Å²) in [5, 5.41) is 8.11. The summed E-state index contributed by atoms with van der Waals surface area (Å²) >= 11 is 0. The van der Waals surface area contributed by atoms with Gasteiger partial charge in [0.1, 0.15) is 17.5 Å². The zero-order chi connectivity index (χ0) is 19.5. The molecule has 7 nitrogen and oxygen atoms in total. The number of aryl methyl sites for hydroxylation is 2. The number of rotatable bonds is 5. The smallest absolute Gasteiger partial charge is 0.263 e. The van der Waals surface area contributed by atoms with Crippen LogP contribution < -0.4 is 10.2 Å². The van der Waals surface area contributed by atoms with E-state index in [0.717, 1.165) is 60.4 Å². The average Bonchev–Trinajstić information content (AvgIpc) is 3.17. The number of anilines is 2. The molecule has 1 unspecified atom stereocenters. The van der Waals surface area contributed by atoms with Gasteiger partial charge in [-0.25, -0.2) is 4.98 Å². The summed E-state index contributed by atoms with van der Waals surface area (Å²) in [4.78, 5) is 23.8. The summed E-state index contributed by atoms with van der Waals surface area (Å²) < 4.78 is 5.34. The van der Waals surface area contributed by atoms with Crippen LogP contribution in [0.4, 0.5) is 11.5 Å².